The van der Waals surface area contributed by atoms with E-state index in [9.17, 15) is 0 Å². The van der Waals surface area contributed by atoms with Gasteiger partial charge in [-0.15, -0.1) is 0 Å². The maximum atomic E-state index is 5.48. The highest BCUT2D eigenvalue weighted by Gasteiger charge is 2.20. The Morgan fingerprint density at radius 2 is 2.54 bits per heavy atom. The topological polar surface area (TPSA) is 61.3 Å². The van der Waals surface area contributed by atoms with Crippen LogP contribution in [0.15, 0.2) is 10.7 Å². The number of nitrogens with two attached hydrogens (primary N) is 1. The fourth-order valence-corrected chi connectivity index (χ4v) is 1.52. The fraction of sp³-hybridized carbons (Fsp3) is 0.667. The summed E-state index contributed by atoms with van der Waals surface area (Å²) < 4.78 is 10.7. The van der Waals surface area contributed by atoms with Gasteiger partial charge in [0.2, 0.25) is 0 Å². The number of ether oxygens (including phenoxy) is 1. The van der Waals surface area contributed by atoms with Gasteiger partial charge in [-0.1, -0.05) is 0 Å². The lowest BCUT2D eigenvalue weighted by Gasteiger charge is -2.02. The molecule has 4 nitrogen and oxygen atoms in total. The molecule has 1 fully saturated rings. The molecule has 0 amide bonds. The lowest BCUT2D eigenvalue weighted by molar-refractivity contribution is 0.108. The van der Waals surface area contributed by atoms with Gasteiger partial charge in [0.15, 0.2) is 5.89 Å². The molecule has 1 aliphatic rings. The van der Waals surface area contributed by atoms with Crippen LogP contribution in [0.25, 0.3) is 0 Å². The number of nitrogens with zero attached hydrogens (tertiary/aromatic N) is 1. The first-order chi connectivity index (χ1) is 6.40. The van der Waals surface area contributed by atoms with E-state index in [0.29, 0.717) is 18.9 Å². The molecule has 0 aromatic carbocycles. The Balaban J connectivity index is 2.03. The van der Waals surface area contributed by atoms with Gasteiger partial charge >= 0.3 is 0 Å². The summed E-state index contributed by atoms with van der Waals surface area (Å²) in [5.41, 5.74) is 6.31. The predicted octanol–water partition coefficient (Wildman–Crippen LogP) is 1.03. The third kappa shape index (κ3) is 1.89. The zero-order valence-electron chi connectivity index (χ0n) is 7.53. The molecule has 13 heavy (non-hydrogen) atoms. The smallest absolute Gasteiger partial charge is 0.195 e. The molecular weight excluding hydrogens is 168 g/mol. The molecule has 1 unspecified atom stereocenters. The second-order valence-electron chi connectivity index (χ2n) is 3.21. The molecule has 2 rings (SSSR count). The van der Waals surface area contributed by atoms with Crippen LogP contribution in [0.2, 0.25) is 0 Å². The van der Waals surface area contributed by atoms with E-state index in [0.717, 1.165) is 25.1 Å². The van der Waals surface area contributed by atoms with Crippen molar-refractivity contribution in [2.24, 2.45) is 5.73 Å². The molecular formula is C9H14N2O2. The monoisotopic (exact) mass is 182 g/mol. The number of hydrogen-bond acceptors (Lipinski definition) is 4. The van der Waals surface area contributed by atoms with Crippen molar-refractivity contribution in [2.75, 3.05) is 13.2 Å². The maximum absolute atomic E-state index is 5.48. The maximum Gasteiger partial charge on any atom is 0.195 e. The van der Waals surface area contributed by atoms with Crippen LogP contribution < -0.4 is 5.73 Å². The van der Waals surface area contributed by atoms with Gasteiger partial charge in [0.05, 0.1) is 0 Å². The van der Waals surface area contributed by atoms with Crippen LogP contribution in [-0.4, -0.2) is 18.1 Å². The molecule has 0 spiro atoms. The lowest BCUT2D eigenvalue weighted by Crippen LogP contribution is -2.03. The molecule has 1 atom stereocenters. The molecule has 1 aromatic heterocycles. The lowest BCUT2D eigenvalue weighted by atomic mass is 10.2. The van der Waals surface area contributed by atoms with Crippen molar-refractivity contribution in [3.8, 4) is 0 Å². The minimum absolute atomic E-state index is 0.148. The Labute approximate surface area is 77.1 Å². The normalized spacial score (nSPS) is 22.4. The van der Waals surface area contributed by atoms with E-state index in [-0.39, 0.29) is 6.10 Å². The summed E-state index contributed by atoms with van der Waals surface area (Å²) in [5, 5.41) is 0. The average Bonchev–Trinajstić information content (AvgIpc) is 2.70. The van der Waals surface area contributed by atoms with Gasteiger partial charge in [0.1, 0.15) is 18.1 Å². The second kappa shape index (κ2) is 3.89. The third-order valence-electron chi connectivity index (χ3n) is 2.19. The summed E-state index contributed by atoms with van der Waals surface area (Å²) in [4.78, 5) is 4.31. The van der Waals surface area contributed by atoms with Crippen molar-refractivity contribution in [2.45, 2.75) is 25.4 Å². The second-order valence-corrected chi connectivity index (χ2v) is 3.21. The Kier molecular flexibility index (Phi) is 2.61. The van der Waals surface area contributed by atoms with Crippen LogP contribution in [0.1, 0.15) is 30.5 Å². The highest BCUT2D eigenvalue weighted by molar-refractivity contribution is 5.02. The van der Waals surface area contributed by atoms with Gasteiger partial charge in [-0.2, -0.15) is 0 Å². The standard InChI is InChI=1S/C9H14N2O2/c10-4-3-9-11-7(6-13-9)8-2-1-5-12-8/h6,8H,1-5,10H2. The summed E-state index contributed by atoms with van der Waals surface area (Å²) >= 11 is 0. The van der Waals surface area contributed by atoms with Crippen LogP contribution in [0.5, 0.6) is 0 Å². The van der Waals surface area contributed by atoms with Crippen LogP contribution in [0, 0.1) is 0 Å². The number of rotatable bonds is 3. The van der Waals surface area contributed by atoms with Crippen LogP contribution >= 0.6 is 0 Å². The molecule has 2 heterocycles. The van der Waals surface area contributed by atoms with Gasteiger partial charge in [-0.05, 0) is 12.8 Å². The molecule has 72 valence electrons. The van der Waals surface area contributed by atoms with Crippen LogP contribution in [-0.2, 0) is 11.2 Å². The van der Waals surface area contributed by atoms with Crippen molar-refractivity contribution < 1.29 is 9.15 Å². The molecule has 0 saturated carbocycles. The summed E-state index contributed by atoms with van der Waals surface area (Å²) in [6, 6.07) is 0. The number of oxazole rings is 1. The van der Waals surface area contributed by atoms with Gasteiger partial charge in [0.25, 0.3) is 0 Å². The van der Waals surface area contributed by atoms with E-state index in [1.54, 1.807) is 6.26 Å². The molecule has 0 aliphatic carbocycles. The molecule has 0 bridgehead atoms. The molecule has 0 radical (unpaired) electrons. The predicted molar refractivity (Wildman–Crippen MR) is 47.2 cm³/mol. The van der Waals surface area contributed by atoms with Gasteiger partial charge < -0.3 is 14.9 Å². The van der Waals surface area contributed by atoms with Crippen LogP contribution in [0.4, 0.5) is 0 Å². The Hall–Kier alpha value is -0.870. The minimum Gasteiger partial charge on any atom is -0.449 e. The van der Waals surface area contributed by atoms with Gasteiger partial charge in [-0.25, -0.2) is 4.98 Å². The largest absolute Gasteiger partial charge is 0.449 e. The molecule has 1 aromatic rings. The van der Waals surface area contributed by atoms with Crippen LogP contribution in [0.3, 0.4) is 0 Å². The highest BCUT2D eigenvalue weighted by atomic mass is 16.5. The zero-order chi connectivity index (χ0) is 9.10. The average molecular weight is 182 g/mol. The fourth-order valence-electron chi connectivity index (χ4n) is 1.52. The Bertz CT molecular complexity index is 266. The van der Waals surface area contributed by atoms with E-state index in [2.05, 4.69) is 4.98 Å². The van der Waals surface area contributed by atoms with Crippen molar-refractivity contribution in [1.29, 1.82) is 0 Å². The van der Waals surface area contributed by atoms with E-state index in [4.69, 9.17) is 14.9 Å². The first-order valence-corrected chi connectivity index (χ1v) is 4.66. The van der Waals surface area contributed by atoms with Crippen molar-refractivity contribution in [1.82, 2.24) is 4.98 Å². The Morgan fingerprint density at radius 1 is 1.62 bits per heavy atom. The molecule has 1 aliphatic heterocycles. The van der Waals surface area contributed by atoms with Gasteiger partial charge in [-0.3, -0.25) is 0 Å². The summed E-state index contributed by atoms with van der Waals surface area (Å²) in [5.74, 6) is 0.716. The Morgan fingerprint density at radius 3 is 3.23 bits per heavy atom. The first kappa shape index (κ1) is 8.72. The molecule has 1 saturated heterocycles. The quantitative estimate of drug-likeness (QED) is 0.758. The summed E-state index contributed by atoms with van der Waals surface area (Å²) in [7, 11) is 0. The minimum atomic E-state index is 0.148. The number of hydrogen-bond donors (Lipinski definition) is 1. The molecule has 2 N–H and O–H groups in total. The van der Waals surface area contributed by atoms with E-state index in [1.807, 2.05) is 0 Å². The summed E-state index contributed by atoms with van der Waals surface area (Å²) in [6.45, 7) is 1.41. The first-order valence-electron chi connectivity index (χ1n) is 4.66. The van der Waals surface area contributed by atoms with E-state index >= 15 is 0 Å². The SMILES string of the molecule is NCCc1nc(C2CCCO2)co1. The summed E-state index contributed by atoms with van der Waals surface area (Å²) in [6.07, 6.45) is 4.70. The molecule has 4 heteroatoms. The van der Waals surface area contributed by atoms with Crippen molar-refractivity contribution in [3.63, 3.8) is 0 Å². The van der Waals surface area contributed by atoms with E-state index < -0.39 is 0 Å². The zero-order valence-corrected chi connectivity index (χ0v) is 7.53. The number of aromatic nitrogens is 1. The van der Waals surface area contributed by atoms with Gasteiger partial charge in [0, 0.05) is 19.6 Å². The van der Waals surface area contributed by atoms with Crippen molar-refractivity contribution >= 4 is 0 Å². The van der Waals surface area contributed by atoms with E-state index in [1.165, 1.54) is 0 Å². The van der Waals surface area contributed by atoms with Crippen molar-refractivity contribution in [3.05, 3.63) is 17.8 Å². The third-order valence-corrected chi connectivity index (χ3v) is 2.19. The highest BCUT2D eigenvalue weighted by Crippen LogP contribution is 2.27.